The lowest BCUT2D eigenvalue weighted by atomic mass is 10.1. The van der Waals surface area contributed by atoms with Gasteiger partial charge in [-0.25, -0.2) is 9.18 Å². The topological polar surface area (TPSA) is 38.3 Å². The Balaban J connectivity index is 2.13. The van der Waals surface area contributed by atoms with Crippen molar-refractivity contribution in [3.8, 4) is 5.75 Å². The Morgan fingerprint density at radius 2 is 1.64 bits per heavy atom. The van der Waals surface area contributed by atoms with Crippen molar-refractivity contribution in [3.63, 3.8) is 0 Å². The van der Waals surface area contributed by atoms with Gasteiger partial charge >= 0.3 is 6.09 Å². The molecule has 0 heterocycles. The molecule has 7 heteroatoms. The Morgan fingerprint density at radius 1 is 1.05 bits per heavy atom. The molecule has 0 aliphatic carbocycles. The monoisotopic (exact) mass is 361 g/mol. The molecular formula is C15H11Cl3FNO2. The van der Waals surface area contributed by atoms with E-state index in [0.29, 0.717) is 11.3 Å². The van der Waals surface area contributed by atoms with Crippen molar-refractivity contribution < 1.29 is 13.9 Å². The number of carbonyl (C=O) groups is 1. The van der Waals surface area contributed by atoms with E-state index >= 15 is 0 Å². The number of amides is 1. The second kappa shape index (κ2) is 7.18. The molecule has 1 N–H and O–H groups in total. The lowest BCUT2D eigenvalue weighted by molar-refractivity contribution is 0.196. The summed E-state index contributed by atoms with van der Waals surface area (Å²) in [6.07, 6.45) is -0.785. The lowest BCUT2D eigenvalue weighted by Crippen LogP contribution is -2.38. The summed E-state index contributed by atoms with van der Waals surface area (Å²) in [4.78, 5) is 11.9. The highest BCUT2D eigenvalue weighted by atomic mass is 35.6. The molecule has 2 aromatic carbocycles. The number of ether oxygens (including phenoxy) is 1. The highest BCUT2D eigenvalue weighted by molar-refractivity contribution is 6.68. The summed E-state index contributed by atoms with van der Waals surface area (Å²) in [5, 5.41) is 2.46. The minimum absolute atomic E-state index is 0.349. The maximum Gasteiger partial charge on any atom is 0.413 e. The van der Waals surface area contributed by atoms with Crippen LogP contribution >= 0.6 is 34.8 Å². The molecule has 2 aromatic rings. The highest BCUT2D eigenvalue weighted by Crippen LogP contribution is 2.39. The van der Waals surface area contributed by atoms with Crippen molar-refractivity contribution in [2.75, 3.05) is 0 Å². The first-order chi connectivity index (χ1) is 10.4. The third kappa shape index (κ3) is 4.77. The number of benzene rings is 2. The van der Waals surface area contributed by atoms with E-state index in [4.69, 9.17) is 39.5 Å². The quantitative estimate of drug-likeness (QED) is 0.778. The van der Waals surface area contributed by atoms with Gasteiger partial charge in [-0.1, -0.05) is 65.1 Å². The van der Waals surface area contributed by atoms with Crippen LogP contribution in [0.25, 0.3) is 0 Å². The highest BCUT2D eigenvalue weighted by Gasteiger charge is 2.35. The van der Waals surface area contributed by atoms with Gasteiger partial charge in [-0.05, 0) is 29.8 Å². The van der Waals surface area contributed by atoms with Crippen molar-refractivity contribution in [1.82, 2.24) is 5.32 Å². The van der Waals surface area contributed by atoms with Gasteiger partial charge in [0.1, 0.15) is 17.6 Å². The van der Waals surface area contributed by atoms with Crippen LogP contribution in [0.2, 0.25) is 0 Å². The molecule has 116 valence electrons. The summed E-state index contributed by atoms with van der Waals surface area (Å²) in [5.41, 5.74) is 0.436. The van der Waals surface area contributed by atoms with Gasteiger partial charge in [-0.2, -0.15) is 0 Å². The van der Waals surface area contributed by atoms with Crippen LogP contribution in [0.3, 0.4) is 0 Å². The fourth-order valence-electron chi connectivity index (χ4n) is 1.75. The van der Waals surface area contributed by atoms with Crippen LogP contribution in [-0.4, -0.2) is 9.89 Å². The molecule has 0 spiro atoms. The van der Waals surface area contributed by atoms with E-state index in [-0.39, 0.29) is 0 Å². The van der Waals surface area contributed by atoms with Gasteiger partial charge in [0, 0.05) is 0 Å². The van der Waals surface area contributed by atoms with E-state index in [2.05, 4.69) is 5.32 Å². The Labute approximate surface area is 141 Å². The number of hydrogen-bond donors (Lipinski definition) is 1. The molecule has 0 aliphatic heterocycles. The molecule has 1 amide bonds. The smallest absolute Gasteiger partial charge is 0.410 e. The van der Waals surface area contributed by atoms with Gasteiger partial charge in [-0.15, -0.1) is 0 Å². The van der Waals surface area contributed by atoms with Crippen LogP contribution in [0, 0.1) is 5.82 Å². The zero-order valence-electron chi connectivity index (χ0n) is 11.1. The van der Waals surface area contributed by atoms with E-state index in [1.807, 2.05) is 0 Å². The van der Waals surface area contributed by atoms with E-state index in [1.54, 1.807) is 30.3 Å². The number of para-hydroxylation sites is 1. The summed E-state index contributed by atoms with van der Waals surface area (Å²) < 4.78 is 16.2. The molecule has 1 atom stereocenters. The molecule has 0 saturated heterocycles. The predicted octanol–water partition coefficient (Wildman–Crippen LogP) is 5.03. The van der Waals surface area contributed by atoms with Gasteiger partial charge in [0.05, 0.1) is 0 Å². The van der Waals surface area contributed by atoms with Gasteiger partial charge in [0.15, 0.2) is 0 Å². The summed E-state index contributed by atoms with van der Waals surface area (Å²) in [6, 6.07) is 12.7. The number of carbonyl (C=O) groups excluding carboxylic acids is 1. The minimum atomic E-state index is -1.83. The normalized spacial score (nSPS) is 12.5. The van der Waals surface area contributed by atoms with Gasteiger partial charge in [0.25, 0.3) is 0 Å². The zero-order chi connectivity index (χ0) is 16.2. The van der Waals surface area contributed by atoms with Crippen LogP contribution < -0.4 is 10.1 Å². The molecule has 22 heavy (non-hydrogen) atoms. The molecule has 2 rings (SSSR count). The second-order valence-electron chi connectivity index (χ2n) is 4.37. The van der Waals surface area contributed by atoms with Crippen molar-refractivity contribution in [1.29, 1.82) is 0 Å². The fraction of sp³-hybridized carbons (Fsp3) is 0.133. The number of halogens is 4. The summed E-state index contributed by atoms with van der Waals surface area (Å²) in [5.74, 6) is -0.0825. The third-order valence-electron chi connectivity index (χ3n) is 2.75. The molecule has 0 aromatic heterocycles. The molecule has 0 saturated carbocycles. The summed E-state index contributed by atoms with van der Waals surface area (Å²) in [6.45, 7) is 0. The molecule has 0 aliphatic rings. The Hall–Kier alpha value is -1.49. The Bertz CT molecular complexity index is 629. The second-order valence-corrected chi connectivity index (χ2v) is 6.74. The maximum absolute atomic E-state index is 13.0. The fourth-order valence-corrected chi connectivity index (χ4v) is 2.29. The van der Waals surface area contributed by atoms with Gasteiger partial charge in [-0.3, -0.25) is 0 Å². The predicted molar refractivity (Wildman–Crippen MR) is 85.0 cm³/mol. The molecular weight excluding hydrogens is 352 g/mol. The van der Waals surface area contributed by atoms with Crippen molar-refractivity contribution in [2.24, 2.45) is 0 Å². The third-order valence-corrected chi connectivity index (χ3v) is 3.40. The van der Waals surface area contributed by atoms with Crippen LogP contribution in [0.5, 0.6) is 5.75 Å². The average Bonchev–Trinajstić information content (AvgIpc) is 2.46. The standard InChI is InChI=1S/C15H11Cl3FNO2/c16-15(17,18)13(10-6-8-11(19)9-7-10)20-14(21)22-12-4-2-1-3-5-12/h1-9,13H,(H,20,21). The van der Waals surface area contributed by atoms with E-state index in [9.17, 15) is 9.18 Å². The summed E-state index contributed by atoms with van der Waals surface area (Å²) >= 11 is 17.7. The molecule has 0 radical (unpaired) electrons. The first-order valence-corrected chi connectivity index (χ1v) is 7.35. The molecule has 0 fully saturated rings. The number of rotatable bonds is 3. The average molecular weight is 363 g/mol. The van der Waals surface area contributed by atoms with Gasteiger partial charge in [0.2, 0.25) is 3.79 Å². The van der Waals surface area contributed by atoms with E-state index in [0.717, 1.165) is 0 Å². The first-order valence-electron chi connectivity index (χ1n) is 6.22. The van der Waals surface area contributed by atoms with Crippen LogP contribution in [0.1, 0.15) is 11.6 Å². The van der Waals surface area contributed by atoms with Crippen molar-refractivity contribution >= 4 is 40.9 Å². The van der Waals surface area contributed by atoms with E-state index in [1.165, 1.54) is 24.3 Å². The number of nitrogens with one attached hydrogen (secondary N) is 1. The summed E-state index contributed by atoms with van der Waals surface area (Å²) in [7, 11) is 0. The van der Waals surface area contributed by atoms with Gasteiger partial charge < -0.3 is 10.1 Å². The zero-order valence-corrected chi connectivity index (χ0v) is 13.4. The largest absolute Gasteiger partial charge is 0.413 e. The maximum atomic E-state index is 13.0. The number of hydrogen-bond acceptors (Lipinski definition) is 2. The van der Waals surface area contributed by atoms with Crippen LogP contribution in [0.15, 0.2) is 54.6 Å². The SMILES string of the molecule is O=C(NC(c1ccc(F)cc1)C(Cl)(Cl)Cl)Oc1ccccc1. The first kappa shape index (κ1) is 16.9. The minimum Gasteiger partial charge on any atom is -0.410 e. The van der Waals surface area contributed by atoms with Crippen LogP contribution in [-0.2, 0) is 0 Å². The van der Waals surface area contributed by atoms with Crippen molar-refractivity contribution in [2.45, 2.75) is 9.83 Å². The Kier molecular flexibility index (Phi) is 5.51. The number of alkyl halides is 3. The van der Waals surface area contributed by atoms with Crippen molar-refractivity contribution in [3.05, 3.63) is 66.0 Å². The van der Waals surface area contributed by atoms with Crippen LogP contribution in [0.4, 0.5) is 9.18 Å². The lowest BCUT2D eigenvalue weighted by Gasteiger charge is -2.25. The Morgan fingerprint density at radius 3 is 2.18 bits per heavy atom. The van der Waals surface area contributed by atoms with E-state index < -0.39 is 21.7 Å². The molecule has 1 unspecified atom stereocenters. The molecule has 0 bridgehead atoms. The molecule has 3 nitrogen and oxygen atoms in total.